The van der Waals surface area contributed by atoms with E-state index in [9.17, 15) is 13.9 Å². The molecule has 1 aliphatic heterocycles. The van der Waals surface area contributed by atoms with Crippen molar-refractivity contribution in [2.45, 2.75) is 38.1 Å². The van der Waals surface area contributed by atoms with Crippen LogP contribution >= 0.6 is 0 Å². The number of rotatable bonds is 7. The fraction of sp³-hybridized carbons (Fsp3) is 0.267. The highest BCUT2D eigenvalue weighted by molar-refractivity contribution is 5.93. The van der Waals surface area contributed by atoms with Gasteiger partial charge in [0.05, 0.1) is 12.2 Å². The van der Waals surface area contributed by atoms with Gasteiger partial charge in [-0.1, -0.05) is 42.8 Å². The Morgan fingerprint density at radius 3 is 2.46 bits per heavy atom. The number of halogens is 2. The maximum atomic E-state index is 14.7. The van der Waals surface area contributed by atoms with E-state index < -0.39 is 11.6 Å². The van der Waals surface area contributed by atoms with Crippen molar-refractivity contribution in [3.8, 4) is 22.6 Å². The molecule has 0 saturated carbocycles. The van der Waals surface area contributed by atoms with Crippen molar-refractivity contribution in [1.82, 2.24) is 5.32 Å². The van der Waals surface area contributed by atoms with Crippen LogP contribution in [0.5, 0.6) is 11.5 Å². The van der Waals surface area contributed by atoms with E-state index in [2.05, 4.69) is 5.32 Å². The van der Waals surface area contributed by atoms with E-state index >= 15 is 0 Å². The molecule has 0 bridgehead atoms. The van der Waals surface area contributed by atoms with Crippen molar-refractivity contribution in [2.75, 3.05) is 13.2 Å². The lowest BCUT2D eigenvalue weighted by Gasteiger charge is -2.23. The summed E-state index contributed by atoms with van der Waals surface area (Å²) in [6.07, 6.45) is 5.20. The minimum Gasteiger partial charge on any atom is -0.508 e. The molecule has 4 aromatic rings. The Labute approximate surface area is 204 Å². The molecule has 180 valence electrons. The van der Waals surface area contributed by atoms with Crippen LogP contribution in [0.25, 0.3) is 21.9 Å². The van der Waals surface area contributed by atoms with Gasteiger partial charge >= 0.3 is 0 Å². The standard InChI is InChI=1S/C30H29F2NO2/c31-28-5-3-6-29(32)30(28)26-13-9-21-19-23(34)10-14-25(21)27(26)18-20-7-11-24(12-8-20)35-17-15-22-4-1-2-16-33-22/h3,5-14,19,22,33-34H,1-2,4,15-18H2. The molecular formula is C30H29F2NO2. The zero-order chi connectivity index (χ0) is 24.2. The van der Waals surface area contributed by atoms with Gasteiger partial charge in [-0.05, 0) is 96.1 Å². The van der Waals surface area contributed by atoms with Crippen molar-refractivity contribution in [3.63, 3.8) is 0 Å². The number of phenolic OH excluding ortho intramolecular Hbond substituents is 1. The number of ether oxygens (including phenoxy) is 1. The zero-order valence-electron chi connectivity index (χ0n) is 19.6. The monoisotopic (exact) mass is 473 g/mol. The molecule has 5 rings (SSSR count). The number of benzene rings is 4. The van der Waals surface area contributed by atoms with Crippen LogP contribution in [0.4, 0.5) is 8.78 Å². The number of hydrogen-bond acceptors (Lipinski definition) is 3. The normalized spacial score (nSPS) is 15.9. The molecule has 1 unspecified atom stereocenters. The van der Waals surface area contributed by atoms with Crippen LogP contribution in [0.1, 0.15) is 36.8 Å². The zero-order valence-corrected chi connectivity index (χ0v) is 19.6. The molecule has 1 atom stereocenters. The lowest BCUT2D eigenvalue weighted by molar-refractivity contribution is 0.268. The lowest BCUT2D eigenvalue weighted by Crippen LogP contribution is -2.35. The molecule has 1 heterocycles. The first kappa shape index (κ1) is 23.3. The molecule has 35 heavy (non-hydrogen) atoms. The molecule has 0 aliphatic carbocycles. The molecule has 2 N–H and O–H groups in total. The number of nitrogens with one attached hydrogen (secondary N) is 1. The summed E-state index contributed by atoms with van der Waals surface area (Å²) in [5.74, 6) is -0.230. The first-order chi connectivity index (χ1) is 17.1. The van der Waals surface area contributed by atoms with Crippen molar-refractivity contribution in [1.29, 1.82) is 0 Å². The second-order valence-corrected chi connectivity index (χ2v) is 9.20. The molecule has 4 aromatic carbocycles. The van der Waals surface area contributed by atoms with Crippen LogP contribution in [0.15, 0.2) is 72.8 Å². The summed E-state index contributed by atoms with van der Waals surface area (Å²) in [6, 6.07) is 20.9. The maximum absolute atomic E-state index is 14.7. The molecule has 5 heteroatoms. The van der Waals surface area contributed by atoms with Crippen LogP contribution in [-0.2, 0) is 6.42 Å². The van der Waals surface area contributed by atoms with Crippen molar-refractivity contribution < 1.29 is 18.6 Å². The Morgan fingerprint density at radius 1 is 0.914 bits per heavy atom. The average Bonchev–Trinajstić information content (AvgIpc) is 2.86. The Hall–Kier alpha value is -3.44. The third-order valence-electron chi connectivity index (χ3n) is 6.80. The van der Waals surface area contributed by atoms with E-state index in [1.54, 1.807) is 30.3 Å². The molecule has 1 aliphatic rings. The van der Waals surface area contributed by atoms with Gasteiger partial charge in [-0.2, -0.15) is 0 Å². The summed E-state index contributed by atoms with van der Waals surface area (Å²) < 4.78 is 35.4. The van der Waals surface area contributed by atoms with Gasteiger partial charge in [-0.15, -0.1) is 0 Å². The van der Waals surface area contributed by atoms with Gasteiger partial charge in [0.1, 0.15) is 23.1 Å². The lowest BCUT2D eigenvalue weighted by atomic mass is 9.89. The molecule has 0 amide bonds. The third kappa shape index (κ3) is 5.30. The number of piperidine rings is 1. The van der Waals surface area contributed by atoms with Gasteiger partial charge in [0.15, 0.2) is 0 Å². The van der Waals surface area contributed by atoms with E-state index in [1.807, 2.05) is 24.3 Å². The molecule has 0 aromatic heterocycles. The summed E-state index contributed by atoms with van der Waals surface area (Å²) in [5, 5.41) is 15.1. The van der Waals surface area contributed by atoms with Crippen molar-refractivity contribution in [2.24, 2.45) is 0 Å². The molecule has 1 saturated heterocycles. The van der Waals surface area contributed by atoms with Crippen LogP contribution < -0.4 is 10.1 Å². The number of aromatic hydroxyl groups is 1. The van der Waals surface area contributed by atoms with E-state index in [0.29, 0.717) is 24.6 Å². The second-order valence-electron chi connectivity index (χ2n) is 9.20. The highest BCUT2D eigenvalue weighted by Gasteiger charge is 2.18. The van der Waals surface area contributed by atoms with Gasteiger partial charge in [-0.3, -0.25) is 0 Å². The molecule has 1 fully saturated rings. The summed E-state index contributed by atoms with van der Waals surface area (Å²) in [5.41, 5.74) is 2.29. The summed E-state index contributed by atoms with van der Waals surface area (Å²) in [4.78, 5) is 0. The van der Waals surface area contributed by atoms with Crippen molar-refractivity contribution >= 4 is 10.8 Å². The predicted molar refractivity (Wildman–Crippen MR) is 136 cm³/mol. The Kier molecular flexibility index (Phi) is 6.96. The molecule has 3 nitrogen and oxygen atoms in total. The van der Waals surface area contributed by atoms with Gasteiger partial charge in [0, 0.05) is 6.04 Å². The van der Waals surface area contributed by atoms with E-state index in [1.165, 1.54) is 37.5 Å². The van der Waals surface area contributed by atoms with E-state index in [-0.39, 0.29) is 11.3 Å². The quantitative estimate of drug-likeness (QED) is 0.304. The summed E-state index contributed by atoms with van der Waals surface area (Å²) >= 11 is 0. The summed E-state index contributed by atoms with van der Waals surface area (Å²) in [7, 11) is 0. The SMILES string of the molecule is Oc1ccc2c(Cc3ccc(OCCC4CCCCN4)cc3)c(-c3c(F)cccc3F)ccc2c1. The number of fused-ring (bicyclic) bond motifs is 1. The van der Waals surface area contributed by atoms with Crippen LogP contribution in [0, 0.1) is 11.6 Å². The topological polar surface area (TPSA) is 41.5 Å². The van der Waals surface area contributed by atoms with Crippen LogP contribution in [0.2, 0.25) is 0 Å². The van der Waals surface area contributed by atoms with Gasteiger partial charge in [-0.25, -0.2) is 8.78 Å². The first-order valence-electron chi connectivity index (χ1n) is 12.2. The molecule has 0 spiro atoms. The van der Waals surface area contributed by atoms with Gasteiger partial charge in [0.2, 0.25) is 0 Å². The Morgan fingerprint density at radius 2 is 1.71 bits per heavy atom. The minimum atomic E-state index is -0.597. The largest absolute Gasteiger partial charge is 0.508 e. The number of phenols is 1. The molecular weight excluding hydrogens is 444 g/mol. The Balaban J connectivity index is 1.41. The van der Waals surface area contributed by atoms with Crippen molar-refractivity contribution in [3.05, 3.63) is 95.6 Å². The molecule has 0 radical (unpaired) electrons. The van der Waals surface area contributed by atoms with Gasteiger partial charge in [0.25, 0.3) is 0 Å². The second kappa shape index (κ2) is 10.4. The van der Waals surface area contributed by atoms with E-state index in [4.69, 9.17) is 4.74 Å². The predicted octanol–water partition coefficient (Wildman–Crippen LogP) is 6.99. The first-order valence-corrected chi connectivity index (χ1v) is 12.2. The highest BCUT2D eigenvalue weighted by Crippen LogP contribution is 2.36. The maximum Gasteiger partial charge on any atom is 0.133 e. The average molecular weight is 474 g/mol. The highest BCUT2D eigenvalue weighted by atomic mass is 19.1. The minimum absolute atomic E-state index is 0.0336. The van der Waals surface area contributed by atoms with Crippen LogP contribution in [0.3, 0.4) is 0 Å². The fourth-order valence-corrected chi connectivity index (χ4v) is 4.96. The third-order valence-corrected chi connectivity index (χ3v) is 6.80. The smallest absolute Gasteiger partial charge is 0.133 e. The van der Waals surface area contributed by atoms with Crippen LogP contribution in [-0.4, -0.2) is 24.3 Å². The Bertz CT molecular complexity index is 1290. The summed E-state index contributed by atoms with van der Waals surface area (Å²) in [6.45, 7) is 1.76. The van der Waals surface area contributed by atoms with E-state index in [0.717, 1.165) is 40.6 Å². The number of hydrogen-bond donors (Lipinski definition) is 2. The van der Waals surface area contributed by atoms with Gasteiger partial charge < -0.3 is 15.2 Å². The fourth-order valence-electron chi connectivity index (χ4n) is 4.96.